The van der Waals surface area contributed by atoms with Crippen LogP contribution in [0.2, 0.25) is 0 Å². The van der Waals surface area contributed by atoms with Gasteiger partial charge in [0, 0.05) is 12.0 Å². The molecule has 0 aromatic heterocycles. The first kappa shape index (κ1) is 22.8. The van der Waals surface area contributed by atoms with Crippen LogP contribution in [-0.4, -0.2) is 35.8 Å². The fourth-order valence-corrected chi connectivity index (χ4v) is 9.26. The van der Waals surface area contributed by atoms with Gasteiger partial charge in [0.05, 0.1) is 24.9 Å². The van der Waals surface area contributed by atoms with E-state index in [2.05, 4.69) is 12.2 Å². The van der Waals surface area contributed by atoms with E-state index in [4.69, 9.17) is 4.74 Å². The molecule has 0 saturated heterocycles. The minimum atomic E-state index is -1.12. The Bertz CT molecular complexity index is 1000. The molecule has 9 atom stereocenters. The van der Waals surface area contributed by atoms with Crippen LogP contribution in [0.4, 0.5) is 14.5 Å². The van der Waals surface area contributed by atoms with E-state index in [0.717, 1.165) is 44.9 Å². The summed E-state index contributed by atoms with van der Waals surface area (Å²) in [5.41, 5.74) is -1.15. The quantitative estimate of drug-likeness (QED) is 0.590. The third-order valence-electron chi connectivity index (χ3n) is 11.0. The van der Waals surface area contributed by atoms with Crippen LogP contribution in [0.5, 0.6) is 5.75 Å². The molecular formula is C28H37F2NO3. The predicted molar refractivity (Wildman–Crippen MR) is 126 cm³/mol. The van der Waals surface area contributed by atoms with E-state index in [1.807, 2.05) is 0 Å². The van der Waals surface area contributed by atoms with Crippen LogP contribution in [0.15, 0.2) is 18.2 Å². The number of fused-ring (bicyclic) bond motifs is 7. The highest BCUT2D eigenvalue weighted by atomic mass is 19.1. The second kappa shape index (κ2) is 7.65. The number of methoxy groups -OCH3 is 1. The fraction of sp³-hybridized carbons (Fsp3) is 0.750. The van der Waals surface area contributed by atoms with Crippen LogP contribution in [0.1, 0.15) is 64.7 Å². The fourth-order valence-electron chi connectivity index (χ4n) is 9.26. The SMILES string of the molecule is COc1cc(F)ccc1NCC(=O)[C@H]1CC[C@H]2[C@@H]3CC[C@@H]4C5C[C@@]5(O)CC[C@]4(F)[C@H]3CC[C@]12C. The molecule has 6 rings (SSSR count). The molecule has 0 spiro atoms. The highest BCUT2D eigenvalue weighted by molar-refractivity contribution is 5.86. The first-order valence-electron chi connectivity index (χ1n) is 13.2. The van der Waals surface area contributed by atoms with Gasteiger partial charge >= 0.3 is 0 Å². The highest BCUT2D eigenvalue weighted by Crippen LogP contribution is 2.71. The van der Waals surface area contributed by atoms with Gasteiger partial charge in [-0.3, -0.25) is 4.79 Å². The van der Waals surface area contributed by atoms with Crippen molar-refractivity contribution in [1.82, 2.24) is 0 Å². The standard InChI is InChI=1S/C28H37F2NO3/c1-26-10-9-19-17(4-5-20-22-14-27(22,33)11-12-28(19,20)30)18(26)6-7-21(26)24(32)15-31-23-8-3-16(29)13-25(23)34-2/h3,8,13,17-22,31,33H,4-7,9-12,14-15H2,1-2H3/t17-,18-,19-,20+,21+,22?,26-,27-,28-/m0/s1. The predicted octanol–water partition coefficient (Wildman–Crippen LogP) is 5.54. The molecule has 6 heteroatoms. The smallest absolute Gasteiger partial charge is 0.155 e. The number of aliphatic hydroxyl groups is 1. The van der Waals surface area contributed by atoms with E-state index in [9.17, 15) is 14.3 Å². The van der Waals surface area contributed by atoms with Crippen LogP contribution in [0.3, 0.4) is 0 Å². The summed E-state index contributed by atoms with van der Waals surface area (Å²) in [7, 11) is 1.49. The van der Waals surface area contributed by atoms with Crippen LogP contribution in [0, 0.1) is 46.7 Å². The monoisotopic (exact) mass is 473 g/mol. The lowest BCUT2D eigenvalue weighted by Gasteiger charge is -2.58. The lowest BCUT2D eigenvalue weighted by molar-refractivity contribution is -0.153. The molecule has 0 radical (unpaired) electrons. The minimum absolute atomic E-state index is 0.0226. The van der Waals surface area contributed by atoms with Crippen molar-refractivity contribution in [2.75, 3.05) is 19.0 Å². The maximum atomic E-state index is 16.6. The van der Waals surface area contributed by atoms with Gasteiger partial charge in [-0.05, 0) is 105 Å². The summed E-state index contributed by atoms with van der Waals surface area (Å²) in [6.45, 7) is 2.47. The van der Waals surface area contributed by atoms with Gasteiger partial charge in [0.15, 0.2) is 5.78 Å². The minimum Gasteiger partial charge on any atom is -0.494 e. The largest absolute Gasteiger partial charge is 0.494 e. The van der Waals surface area contributed by atoms with Crippen LogP contribution in [-0.2, 0) is 4.79 Å². The number of rotatable bonds is 5. The second-order valence-corrected chi connectivity index (χ2v) is 12.2. The number of ketones is 1. The Labute approximate surface area is 200 Å². The van der Waals surface area contributed by atoms with Gasteiger partial charge < -0.3 is 15.2 Å². The summed E-state index contributed by atoms with van der Waals surface area (Å²) in [4.78, 5) is 13.4. The number of carbonyl (C=O) groups is 1. The number of ether oxygens (including phenoxy) is 1. The molecule has 2 N–H and O–H groups in total. The van der Waals surface area contributed by atoms with Gasteiger partial charge in [-0.2, -0.15) is 0 Å². The molecule has 5 saturated carbocycles. The molecule has 4 nitrogen and oxygen atoms in total. The first-order valence-corrected chi connectivity index (χ1v) is 13.2. The Morgan fingerprint density at radius 2 is 1.88 bits per heavy atom. The van der Waals surface area contributed by atoms with E-state index in [0.29, 0.717) is 36.1 Å². The topological polar surface area (TPSA) is 58.6 Å². The molecule has 0 aliphatic heterocycles. The van der Waals surface area contributed by atoms with E-state index in [-0.39, 0.29) is 47.2 Å². The average Bonchev–Trinajstić information content (AvgIpc) is 3.37. The van der Waals surface area contributed by atoms with Gasteiger partial charge in [0.1, 0.15) is 17.2 Å². The van der Waals surface area contributed by atoms with Crippen molar-refractivity contribution in [3.05, 3.63) is 24.0 Å². The Morgan fingerprint density at radius 3 is 2.68 bits per heavy atom. The van der Waals surface area contributed by atoms with Gasteiger partial charge in [0.25, 0.3) is 0 Å². The lowest BCUT2D eigenvalue weighted by atomic mass is 9.48. The third-order valence-corrected chi connectivity index (χ3v) is 11.0. The molecule has 5 fully saturated rings. The zero-order valence-corrected chi connectivity index (χ0v) is 20.3. The van der Waals surface area contributed by atoms with Gasteiger partial charge in [-0.1, -0.05) is 6.92 Å². The number of hydrogen-bond donors (Lipinski definition) is 2. The van der Waals surface area contributed by atoms with Gasteiger partial charge in [-0.15, -0.1) is 0 Å². The number of nitrogens with one attached hydrogen (secondary N) is 1. The van der Waals surface area contributed by atoms with E-state index >= 15 is 4.39 Å². The molecule has 5 aliphatic carbocycles. The number of hydrogen-bond acceptors (Lipinski definition) is 4. The van der Waals surface area contributed by atoms with Gasteiger partial charge in [-0.25, -0.2) is 8.78 Å². The number of halogens is 2. The normalized spacial score (nSPS) is 46.5. The summed E-state index contributed by atoms with van der Waals surface area (Å²) >= 11 is 0. The zero-order valence-electron chi connectivity index (χ0n) is 20.3. The second-order valence-electron chi connectivity index (χ2n) is 12.2. The van der Waals surface area contributed by atoms with Crippen LogP contribution in [0.25, 0.3) is 0 Å². The Kier molecular flexibility index (Phi) is 5.12. The zero-order chi connectivity index (χ0) is 23.9. The number of alkyl halides is 1. The molecule has 1 aromatic carbocycles. The summed E-state index contributed by atoms with van der Waals surface area (Å²) in [6.07, 6.45) is 7.50. The van der Waals surface area contributed by atoms with Crippen molar-refractivity contribution < 1.29 is 23.4 Å². The first-order chi connectivity index (χ1) is 16.2. The van der Waals surface area contributed by atoms with Crippen molar-refractivity contribution in [3.63, 3.8) is 0 Å². The van der Waals surface area contributed by atoms with Crippen molar-refractivity contribution in [2.24, 2.45) is 40.9 Å². The summed E-state index contributed by atoms with van der Waals surface area (Å²) < 4.78 is 35.4. The van der Waals surface area contributed by atoms with Crippen molar-refractivity contribution >= 4 is 11.5 Å². The van der Waals surface area contributed by atoms with Crippen molar-refractivity contribution in [2.45, 2.75) is 76.0 Å². The number of benzene rings is 1. The Balaban J connectivity index is 1.16. The molecule has 0 bridgehead atoms. The average molecular weight is 474 g/mol. The van der Waals surface area contributed by atoms with E-state index in [1.54, 1.807) is 6.07 Å². The van der Waals surface area contributed by atoms with Gasteiger partial charge in [0.2, 0.25) is 0 Å². The molecule has 1 unspecified atom stereocenters. The van der Waals surface area contributed by atoms with E-state index < -0.39 is 11.3 Å². The van der Waals surface area contributed by atoms with E-state index in [1.165, 1.54) is 19.2 Å². The molecule has 34 heavy (non-hydrogen) atoms. The third kappa shape index (κ3) is 3.19. The maximum Gasteiger partial charge on any atom is 0.155 e. The van der Waals surface area contributed by atoms with Crippen molar-refractivity contribution in [3.8, 4) is 5.75 Å². The molecule has 5 aliphatic rings. The molecular weight excluding hydrogens is 436 g/mol. The van der Waals surface area contributed by atoms with Crippen LogP contribution < -0.4 is 10.1 Å². The number of anilines is 1. The summed E-state index contributed by atoms with van der Waals surface area (Å²) in [6, 6.07) is 4.29. The van der Waals surface area contributed by atoms with Crippen molar-refractivity contribution in [1.29, 1.82) is 0 Å². The summed E-state index contributed by atoms with van der Waals surface area (Å²) in [5.74, 6) is 1.24. The molecule has 0 heterocycles. The highest BCUT2D eigenvalue weighted by Gasteiger charge is 2.71. The summed E-state index contributed by atoms with van der Waals surface area (Å²) in [5, 5.41) is 13.8. The number of Topliss-reactive ketones (excluding diaryl/α,β-unsaturated/α-hetero) is 1. The maximum absolute atomic E-state index is 16.6. The Morgan fingerprint density at radius 1 is 1.09 bits per heavy atom. The lowest BCUT2D eigenvalue weighted by Crippen LogP contribution is -2.57. The van der Waals surface area contributed by atoms with Crippen LogP contribution >= 0.6 is 0 Å². The number of carbonyl (C=O) groups excluding carboxylic acids is 1. The molecule has 0 amide bonds. The Hall–Kier alpha value is -1.69. The molecule has 1 aromatic rings. The molecule has 186 valence electrons.